The summed E-state index contributed by atoms with van der Waals surface area (Å²) in [5.41, 5.74) is 3.82. The molecule has 4 rings (SSSR count). The molecule has 3 aromatic rings. The standard InChI is InChI=1S/C23H25ClN6O3/c1-16-23(17(2)29(26-16)19-6-4-3-5-7-19)25-22(31)15-27-10-12-28(13-11-27)20-9-8-18(24)14-21(20)30(32)33/h3-9,14H,10-13,15H2,1-2H3,(H,25,31). The number of halogens is 1. The molecule has 1 amide bonds. The number of para-hydroxylation sites is 1. The third kappa shape index (κ3) is 4.99. The van der Waals surface area contributed by atoms with Crippen LogP contribution < -0.4 is 10.2 Å². The molecular formula is C23H25ClN6O3. The number of hydrogen-bond acceptors (Lipinski definition) is 6. The van der Waals surface area contributed by atoms with Crippen LogP contribution in [0, 0.1) is 24.0 Å². The molecule has 0 spiro atoms. The summed E-state index contributed by atoms with van der Waals surface area (Å²) in [6.07, 6.45) is 0. The van der Waals surface area contributed by atoms with E-state index in [9.17, 15) is 14.9 Å². The Kier molecular flexibility index (Phi) is 6.62. The molecule has 2 heterocycles. The van der Waals surface area contributed by atoms with Crippen LogP contribution in [0.5, 0.6) is 0 Å². The van der Waals surface area contributed by atoms with Gasteiger partial charge < -0.3 is 10.2 Å². The number of carbonyl (C=O) groups excluding carboxylic acids is 1. The Hall–Kier alpha value is -3.43. The van der Waals surface area contributed by atoms with E-state index in [1.54, 1.807) is 12.1 Å². The van der Waals surface area contributed by atoms with E-state index in [0.717, 1.165) is 22.8 Å². The summed E-state index contributed by atoms with van der Waals surface area (Å²) in [6.45, 7) is 6.45. The highest BCUT2D eigenvalue weighted by molar-refractivity contribution is 6.30. The first-order chi connectivity index (χ1) is 15.8. The van der Waals surface area contributed by atoms with Gasteiger partial charge in [-0.05, 0) is 38.1 Å². The van der Waals surface area contributed by atoms with E-state index < -0.39 is 4.92 Å². The number of nitro groups is 1. The van der Waals surface area contributed by atoms with Gasteiger partial charge >= 0.3 is 0 Å². The first kappa shape index (κ1) is 22.8. The summed E-state index contributed by atoms with van der Waals surface area (Å²) >= 11 is 5.92. The van der Waals surface area contributed by atoms with Gasteiger partial charge in [0.05, 0.1) is 34.2 Å². The van der Waals surface area contributed by atoms with Gasteiger partial charge in [0, 0.05) is 37.3 Å². The average molecular weight is 469 g/mol. The lowest BCUT2D eigenvalue weighted by Gasteiger charge is -2.35. The lowest BCUT2D eigenvalue weighted by molar-refractivity contribution is -0.384. The van der Waals surface area contributed by atoms with E-state index in [1.165, 1.54) is 6.07 Å². The fraction of sp³-hybridized carbons (Fsp3) is 0.304. The highest BCUT2D eigenvalue weighted by Gasteiger charge is 2.25. The number of nitrogens with zero attached hydrogens (tertiary/aromatic N) is 5. The lowest BCUT2D eigenvalue weighted by atomic mass is 10.2. The van der Waals surface area contributed by atoms with Crippen molar-refractivity contribution in [3.05, 3.63) is 75.1 Å². The fourth-order valence-electron chi connectivity index (χ4n) is 4.08. The van der Waals surface area contributed by atoms with Crippen LogP contribution in [-0.4, -0.2) is 58.2 Å². The predicted octanol–water partition coefficient (Wildman–Crippen LogP) is 3.81. The second kappa shape index (κ2) is 9.60. The quantitative estimate of drug-likeness (QED) is 0.436. The van der Waals surface area contributed by atoms with E-state index in [0.29, 0.717) is 36.9 Å². The van der Waals surface area contributed by atoms with Crippen LogP contribution in [0.15, 0.2) is 48.5 Å². The number of anilines is 2. The maximum absolute atomic E-state index is 12.8. The minimum Gasteiger partial charge on any atom is -0.363 e. The molecule has 1 aromatic heterocycles. The second-order valence-corrected chi connectivity index (χ2v) is 8.43. The predicted molar refractivity (Wildman–Crippen MR) is 128 cm³/mol. The van der Waals surface area contributed by atoms with Crippen molar-refractivity contribution in [2.45, 2.75) is 13.8 Å². The zero-order valence-electron chi connectivity index (χ0n) is 18.5. The summed E-state index contributed by atoms with van der Waals surface area (Å²) in [6, 6.07) is 14.5. The van der Waals surface area contributed by atoms with E-state index in [1.807, 2.05) is 58.7 Å². The maximum atomic E-state index is 12.8. The van der Waals surface area contributed by atoms with Gasteiger partial charge in [-0.2, -0.15) is 5.10 Å². The number of nitrogens with one attached hydrogen (secondary N) is 1. The van der Waals surface area contributed by atoms with Gasteiger partial charge in [-0.25, -0.2) is 4.68 Å². The number of hydrogen-bond donors (Lipinski definition) is 1. The molecule has 1 aliphatic rings. The molecule has 1 aliphatic heterocycles. The van der Waals surface area contributed by atoms with Crippen molar-refractivity contribution in [3.63, 3.8) is 0 Å². The summed E-state index contributed by atoms with van der Waals surface area (Å²) in [5, 5.41) is 19.3. The van der Waals surface area contributed by atoms with Gasteiger partial charge in [0.1, 0.15) is 5.69 Å². The monoisotopic (exact) mass is 468 g/mol. The lowest BCUT2D eigenvalue weighted by Crippen LogP contribution is -2.48. The van der Waals surface area contributed by atoms with Crippen LogP contribution in [0.4, 0.5) is 17.1 Å². The Bertz CT molecular complexity index is 1170. The molecule has 0 aliphatic carbocycles. The first-order valence-electron chi connectivity index (χ1n) is 10.7. The van der Waals surface area contributed by atoms with Gasteiger partial charge in [0.25, 0.3) is 5.69 Å². The number of nitro benzene ring substituents is 1. The van der Waals surface area contributed by atoms with Crippen molar-refractivity contribution in [2.24, 2.45) is 0 Å². The zero-order chi connectivity index (χ0) is 23.5. The highest BCUT2D eigenvalue weighted by Crippen LogP contribution is 2.31. The van der Waals surface area contributed by atoms with Crippen molar-refractivity contribution in [1.29, 1.82) is 0 Å². The normalized spacial score (nSPS) is 14.3. The fourth-order valence-corrected chi connectivity index (χ4v) is 4.25. The summed E-state index contributed by atoms with van der Waals surface area (Å²) < 4.78 is 1.82. The number of piperazine rings is 1. The van der Waals surface area contributed by atoms with Gasteiger partial charge in [0.15, 0.2) is 0 Å². The minimum absolute atomic E-state index is 0.00456. The van der Waals surface area contributed by atoms with Crippen molar-refractivity contribution < 1.29 is 9.72 Å². The second-order valence-electron chi connectivity index (χ2n) is 7.99. The van der Waals surface area contributed by atoms with Crippen molar-refractivity contribution in [3.8, 4) is 5.69 Å². The van der Waals surface area contributed by atoms with Crippen LogP contribution in [-0.2, 0) is 4.79 Å². The van der Waals surface area contributed by atoms with E-state index in [2.05, 4.69) is 10.4 Å². The molecule has 33 heavy (non-hydrogen) atoms. The molecule has 0 radical (unpaired) electrons. The van der Waals surface area contributed by atoms with E-state index >= 15 is 0 Å². The van der Waals surface area contributed by atoms with Crippen molar-refractivity contribution in [2.75, 3.05) is 42.9 Å². The van der Waals surface area contributed by atoms with Gasteiger partial charge in [0.2, 0.25) is 5.91 Å². The summed E-state index contributed by atoms with van der Waals surface area (Å²) in [5.74, 6) is -0.111. The number of aromatic nitrogens is 2. The number of aryl methyl sites for hydroxylation is 1. The molecule has 0 atom stereocenters. The maximum Gasteiger partial charge on any atom is 0.294 e. The highest BCUT2D eigenvalue weighted by atomic mass is 35.5. The molecule has 172 valence electrons. The molecular weight excluding hydrogens is 444 g/mol. The average Bonchev–Trinajstić information content (AvgIpc) is 3.08. The minimum atomic E-state index is -0.415. The summed E-state index contributed by atoms with van der Waals surface area (Å²) in [7, 11) is 0. The van der Waals surface area contributed by atoms with Crippen molar-refractivity contribution in [1.82, 2.24) is 14.7 Å². The van der Waals surface area contributed by atoms with Gasteiger partial charge in [-0.3, -0.25) is 19.8 Å². The topological polar surface area (TPSA) is 96.5 Å². The molecule has 1 N–H and O–H groups in total. The largest absolute Gasteiger partial charge is 0.363 e. The third-order valence-electron chi connectivity index (χ3n) is 5.77. The van der Waals surface area contributed by atoms with Gasteiger partial charge in [-0.15, -0.1) is 0 Å². The molecule has 9 nitrogen and oxygen atoms in total. The Morgan fingerprint density at radius 3 is 2.48 bits per heavy atom. The van der Waals surface area contributed by atoms with Crippen LogP contribution >= 0.6 is 11.6 Å². The smallest absolute Gasteiger partial charge is 0.294 e. The van der Waals surface area contributed by atoms with E-state index in [4.69, 9.17) is 11.6 Å². The van der Waals surface area contributed by atoms with Crippen LogP contribution in [0.25, 0.3) is 5.69 Å². The first-order valence-corrected chi connectivity index (χ1v) is 11.0. The SMILES string of the molecule is Cc1nn(-c2ccccc2)c(C)c1NC(=O)CN1CCN(c2ccc(Cl)cc2[N+](=O)[O-])CC1. The Morgan fingerprint density at radius 1 is 1.12 bits per heavy atom. The summed E-state index contributed by atoms with van der Waals surface area (Å²) in [4.78, 5) is 27.7. The Balaban J connectivity index is 1.37. The molecule has 1 saturated heterocycles. The molecule has 0 bridgehead atoms. The number of rotatable bonds is 6. The van der Waals surface area contributed by atoms with Crippen molar-refractivity contribution >= 4 is 34.6 Å². The number of carbonyl (C=O) groups is 1. The van der Waals surface area contributed by atoms with Crippen LogP contribution in [0.3, 0.4) is 0 Å². The van der Waals surface area contributed by atoms with E-state index in [-0.39, 0.29) is 18.1 Å². The van der Waals surface area contributed by atoms with Gasteiger partial charge in [-0.1, -0.05) is 29.8 Å². The molecule has 0 saturated carbocycles. The van der Waals surface area contributed by atoms with Crippen LogP contribution in [0.2, 0.25) is 5.02 Å². The zero-order valence-corrected chi connectivity index (χ0v) is 19.2. The third-order valence-corrected chi connectivity index (χ3v) is 6.01. The Morgan fingerprint density at radius 2 is 1.82 bits per heavy atom. The number of amides is 1. The molecule has 2 aromatic carbocycles. The molecule has 10 heteroatoms. The molecule has 0 unspecified atom stereocenters. The van der Waals surface area contributed by atoms with Crippen LogP contribution in [0.1, 0.15) is 11.4 Å². The number of benzene rings is 2. The Labute approximate surface area is 196 Å². The molecule has 1 fully saturated rings.